The highest BCUT2D eigenvalue weighted by Gasteiger charge is 2.17. The van der Waals surface area contributed by atoms with Crippen LogP contribution in [-0.2, 0) is 13.1 Å². The molecule has 3 N–H and O–H groups in total. The molecular weight excluding hydrogens is 592 g/mol. The van der Waals surface area contributed by atoms with Crippen LogP contribution in [0.2, 0.25) is 0 Å². The lowest BCUT2D eigenvalue weighted by atomic mass is 10.0. The fourth-order valence-electron chi connectivity index (χ4n) is 6.58. The predicted molar refractivity (Wildman–Crippen MR) is 198 cm³/mol. The van der Waals surface area contributed by atoms with E-state index in [0.29, 0.717) is 24.5 Å². The topological polar surface area (TPSA) is 63.9 Å². The Morgan fingerprint density at radius 2 is 1.04 bits per heavy atom. The minimum absolute atomic E-state index is 0.257. The van der Waals surface area contributed by atoms with Crippen LogP contribution in [0.25, 0.3) is 38.6 Å². The summed E-state index contributed by atoms with van der Waals surface area (Å²) in [6, 6.07) is 47.0. The number of aromatic nitrogens is 1. The number of benzene rings is 6. The first-order valence-electron chi connectivity index (χ1n) is 16.4. The van der Waals surface area contributed by atoms with Crippen LogP contribution in [0.3, 0.4) is 0 Å². The number of aromatic hydroxyl groups is 2. The van der Waals surface area contributed by atoms with Crippen LogP contribution in [0.5, 0.6) is 11.5 Å². The first-order valence-corrected chi connectivity index (χ1v) is 16.4. The number of anilines is 2. The highest BCUT2D eigenvalue weighted by Crippen LogP contribution is 2.37. The number of hydrogen-bond donors (Lipinski definition) is 3. The molecule has 6 nitrogen and oxygen atoms in total. The molecule has 7 aromatic rings. The van der Waals surface area contributed by atoms with E-state index in [0.717, 1.165) is 57.8 Å². The van der Waals surface area contributed by atoms with E-state index in [1.807, 2.05) is 84.9 Å². The van der Waals surface area contributed by atoms with Gasteiger partial charge in [0.1, 0.15) is 11.5 Å². The Labute approximate surface area is 281 Å². The molecule has 0 atom stereocenters. The van der Waals surface area contributed by atoms with Crippen molar-refractivity contribution in [2.75, 3.05) is 32.5 Å². The van der Waals surface area contributed by atoms with Gasteiger partial charge in [0, 0.05) is 59.3 Å². The van der Waals surface area contributed by atoms with Crippen LogP contribution >= 0.6 is 0 Å². The zero-order valence-corrected chi connectivity index (χ0v) is 27.3. The average Bonchev–Trinajstić information content (AvgIpc) is 3.45. The number of phenols is 2. The van der Waals surface area contributed by atoms with Crippen molar-refractivity contribution in [3.05, 3.63) is 151 Å². The first-order chi connectivity index (χ1) is 23.5. The molecule has 0 aliphatic carbocycles. The molecule has 0 bridgehead atoms. The van der Waals surface area contributed by atoms with Gasteiger partial charge >= 0.3 is 0 Å². The number of hydrogen-bond acceptors (Lipinski definition) is 5. The summed E-state index contributed by atoms with van der Waals surface area (Å²) in [7, 11) is 4.14. The van der Waals surface area contributed by atoms with E-state index in [1.54, 1.807) is 0 Å². The number of likely N-dealkylation sites (N-methyl/N-ethyl adjacent to an activating group) is 2. The lowest BCUT2D eigenvalue weighted by molar-refractivity contribution is 0.244. The van der Waals surface area contributed by atoms with Crippen molar-refractivity contribution >= 4 is 33.2 Å². The molecule has 0 fully saturated rings. The number of rotatable bonds is 11. The summed E-state index contributed by atoms with van der Waals surface area (Å²) in [5.41, 5.74) is 8.49. The summed E-state index contributed by atoms with van der Waals surface area (Å²) in [6.45, 7) is 2.79. The molecule has 48 heavy (non-hydrogen) atoms. The van der Waals surface area contributed by atoms with E-state index < -0.39 is 0 Å². The molecule has 0 saturated heterocycles. The van der Waals surface area contributed by atoms with Gasteiger partial charge in [-0.2, -0.15) is 0 Å². The summed E-state index contributed by atoms with van der Waals surface area (Å²) in [5.74, 6) is 0.555. The molecule has 7 rings (SSSR count). The van der Waals surface area contributed by atoms with Crippen LogP contribution in [0.4, 0.5) is 11.4 Å². The zero-order chi connectivity index (χ0) is 33.0. The first kappa shape index (κ1) is 31.1. The van der Waals surface area contributed by atoms with Gasteiger partial charge in [-0.3, -0.25) is 0 Å². The molecular formula is C42H40N4O2. The molecule has 0 spiro atoms. The molecule has 0 radical (unpaired) electrons. The van der Waals surface area contributed by atoms with Gasteiger partial charge in [-0.05, 0) is 50.0 Å². The maximum atomic E-state index is 11.6. The molecule has 1 aromatic heterocycles. The van der Waals surface area contributed by atoms with Crippen LogP contribution in [0.1, 0.15) is 11.1 Å². The summed E-state index contributed by atoms with van der Waals surface area (Å²) >= 11 is 0. The second kappa shape index (κ2) is 13.7. The summed E-state index contributed by atoms with van der Waals surface area (Å²) in [4.78, 5) is 4.43. The van der Waals surface area contributed by atoms with E-state index in [-0.39, 0.29) is 5.75 Å². The smallest absolute Gasteiger partial charge is 0.144 e. The average molecular weight is 633 g/mol. The van der Waals surface area contributed by atoms with Crippen LogP contribution in [0.15, 0.2) is 140 Å². The van der Waals surface area contributed by atoms with Gasteiger partial charge in [0.05, 0.1) is 22.4 Å². The molecule has 0 saturated carbocycles. The third-order valence-electron chi connectivity index (χ3n) is 9.06. The standard InChI is InChI=1S/C42H40N4O2/c1-44(28-31-16-12-22-37(41(31)47)43-36-21-9-6-18-33(36)30-14-4-3-5-15-30)26-27-45(2)29-32-17-13-25-40(42(32)48)46-38-23-10-7-19-34(38)35-20-8-11-24-39(35)46/h3-25,43,47-48H,26-29H2,1-2H3. The van der Waals surface area contributed by atoms with Crippen molar-refractivity contribution in [2.24, 2.45) is 0 Å². The largest absolute Gasteiger partial charge is 0.505 e. The molecule has 6 aromatic carbocycles. The maximum absolute atomic E-state index is 11.6. The number of para-hydroxylation sites is 5. The maximum Gasteiger partial charge on any atom is 0.144 e. The van der Waals surface area contributed by atoms with Gasteiger partial charge in [0.15, 0.2) is 0 Å². The van der Waals surface area contributed by atoms with Crippen molar-refractivity contribution in [2.45, 2.75) is 13.1 Å². The third-order valence-corrected chi connectivity index (χ3v) is 9.06. The Morgan fingerprint density at radius 1 is 0.521 bits per heavy atom. The SMILES string of the molecule is CN(CCN(C)Cc1cccc(-n2c3ccccc3c3ccccc32)c1O)Cc1cccc(Nc2ccccc2-c2ccccc2)c1O. The fourth-order valence-corrected chi connectivity index (χ4v) is 6.58. The van der Waals surface area contributed by atoms with E-state index in [9.17, 15) is 10.2 Å². The monoisotopic (exact) mass is 632 g/mol. The second-order valence-electron chi connectivity index (χ2n) is 12.5. The van der Waals surface area contributed by atoms with Crippen molar-refractivity contribution in [1.82, 2.24) is 14.4 Å². The molecule has 240 valence electrons. The minimum Gasteiger partial charge on any atom is -0.505 e. The van der Waals surface area contributed by atoms with Gasteiger partial charge in [0.2, 0.25) is 0 Å². The highest BCUT2D eigenvalue weighted by molar-refractivity contribution is 6.09. The van der Waals surface area contributed by atoms with E-state index in [1.165, 1.54) is 10.8 Å². The predicted octanol–water partition coefficient (Wildman–Crippen LogP) is 9.17. The Morgan fingerprint density at radius 3 is 1.71 bits per heavy atom. The van der Waals surface area contributed by atoms with Gasteiger partial charge < -0.3 is 29.9 Å². The van der Waals surface area contributed by atoms with E-state index in [2.05, 4.69) is 88.4 Å². The lowest BCUT2D eigenvalue weighted by Gasteiger charge is -2.23. The van der Waals surface area contributed by atoms with Crippen molar-refractivity contribution in [3.8, 4) is 28.3 Å². The minimum atomic E-state index is 0.257. The second-order valence-corrected chi connectivity index (χ2v) is 12.5. The quantitative estimate of drug-likeness (QED) is 0.124. The van der Waals surface area contributed by atoms with Crippen LogP contribution in [0, 0.1) is 0 Å². The highest BCUT2D eigenvalue weighted by atomic mass is 16.3. The third kappa shape index (κ3) is 6.24. The van der Waals surface area contributed by atoms with Crippen molar-refractivity contribution < 1.29 is 10.2 Å². The number of phenolic OH excluding ortho intramolecular Hbond substituents is 2. The van der Waals surface area contributed by atoms with Gasteiger partial charge in [-0.15, -0.1) is 0 Å². The summed E-state index contributed by atoms with van der Waals surface area (Å²) in [5, 5.41) is 28.6. The summed E-state index contributed by atoms with van der Waals surface area (Å²) < 4.78 is 2.16. The lowest BCUT2D eigenvalue weighted by Crippen LogP contribution is -2.30. The molecule has 0 aliphatic rings. The summed E-state index contributed by atoms with van der Waals surface area (Å²) in [6.07, 6.45) is 0. The van der Waals surface area contributed by atoms with Crippen LogP contribution in [-0.4, -0.2) is 51.8 Å². The Balaban J connectivity index is 1.02. The van der Waals surface area contributed by atoms with Crippen molar-refractivity contribution in [3.63, 3.8) is 0 Å². The Bertz CT molecular complexity index is 2140. The Hall–Kier alpha value is -5.56. The molecule has 0 aliphatic heterocycles. The van der Waals surface area contributed by atoms with Crippen LogP contribution < -0.4 is 5.32 Å². The van der Waals surface area contributed by atoms with E-state index >= 15 is 0 Å². The van der Waals surface area contributed by atoms with Gasteiger partial charge in [-0.1, -0.05) is 109 Å². The number of nitrogens with one attached hydrogen (secondary N) is 1. The molecule has 6 heteroatoms. The normalized spacial score (nSPS) is 11.6. The molecule has 1 heterocycles. The number of fused-ring (bicyclic) bond motifs is 3. The van der Waals surface area contributed by atoms with Crippen molar-refractivity contribution in [1.29, 1.82) is 0 Å². The van der Waals surface area contributed by atoms with E-state index in [4.69, 9.17) is 0 Å². The van der Waals surface area contributed by atoms with Gasteiger partial charge in [-0.25, -0.2) is 0 Å². The fraction of sp³-hybridized carbons (Fsp3) is 0.143. The number of nitrogens with zero attached hydrogens (tertiary/aromatic N) is 3. The molecule has 0 unspecified atom stereocenters. The van der Waals surface area contributed by atoms with Gasteiger partial charge in [0.25, 0.3) is 0 Å². The zero-order valence-electron chi connectivity index (χ0n) is 27.3. The molecule has 0 amide bonds. The Kier molecular flexibility index (Phi) is 8.84.